The molecule has 1 heterocycles. The van der Waals surface area contributed by atoms with Crippen LogP contribution < -0.4 is 4.90 Å². The zero-order valence-electron chi connectivity index (χ0n) is 42.8. The molecule has 0 bridgehead atoms. The van der Waals surface area contributed by atoms with Crippen molar-refractivity contribution in [3.05, 3.63) is 303 Å². The lowest BCUT2D eigenvalue weighted by atomic mass is 9.81. The van der Waals surface area contributed by atoms with E-state index in [1.807, 2.05) is 0 Å². The van der Waals surface area contributed by atoms with Gasteiger partial charge < -0.3 is 9.47 Å². The van der Waals surface area contributed by atoms with Crippen LogP contribution in [0.1, 0.15) is 0 Å². The largest absolute Gasteiger partial charge is 0.310 e. The van der Waals surface area contributed by atoms with E-state index in [2.05, 4.69) is 313 Å². The van der Waals surface area contributed by atoms with Crippen molar-refractivity contribution in [2.45, 2.75) is 0 Å². The number of fused-ring (bicyclic) bond motifs is 12. The number of rotatable bonds is 8. The van der Waals surface area contributed by atoms with Gasteiger partial charge >= 0.3 is 0 Å². The van der Waals surface area contributed by atoms with Crippen LogP contribution in [-0.4, -0.2) is 4.57 Å². The van der Waals surface area contributed by atoms with E-state index in [0.717, 1.165) is 28.3 Å². The fraction of sp³-hybridized carbons (Fsp3) is 0. The topological polar surface area (TPSA) is 8.17 Å². The maximum absolute atomic E-state index is 2.41. The lowest BCUT2D eigenvalue weighted by Gasteiger charge is -2.28. The molecule has 0 fully saturated rings. The molecule has 0 N–H and O–H groups in total. The van der Waals surface area contributed by atoms with Gasteiger partial charge in [-0.15, -0.1) is 0 Å². The van der Waals surface area contributed by atoms with E-state index in [1.165, 1.54) is 116 Å². The second kappa shape index (κ2) is 18.8. The third-order valence-corrected chi connectivity index (χ3v) is 16.0. The second-order valence-electron chi connectivity index (χ2n) is 20.4. The fourth-order valence-electron chi connectivity index (χ4n) is 12.2. The van der Waals surface area contributed by atoms with Crippen LogP contribution in [0.2, 0.25) is 0 Å². The smallest absolute Gasteiger partial charge is 0.0541 e. The Bertz CT molecular complexity index is 4580. The van der Waals surface area contributed by atoms with Gasteiger partial charge in [0, 0.05) is 33.5 Å². The van der Waals surface area contributed by atoms with Crippen molar-refractivity contribution in [3.63, 3.8) is 0 Å². The van der Waals surface area contributed by atoms with Crippen molar-refractivity contribution in [1.29, 1.82) is 0 Å². The van der Waals surface area contributed by atoms with Gasteiger partial charge in [0.05, 0.1) is 11.0 Å². The predicted octanol–water partition coefficient (Wildman–Crippen LogP) is 21.1. The van der Waals surface area contributed by atoms with E-state index in [9.17, 15) is 0 Å². The molecule has 0 amide bonds. The van der Waals surface area contributed by atoms with Gasteiger partial charge in [0.1, 0.15) is 0 Å². The summed E-state index contributed by atoms with van der Waals surface area (Å²) in [5, 5.41) is 4.96. The number of para-hydroxylation sites is 1. The average Bonchev–Trinajstić information content (AvgIpc) is 4.06. The molecule has 2 nitrogen and oxygen atoms in total. The molecule has 0 spiro atoms. The van der Waals surface area contributed by atoms with E-state index >= 15 is 0 Å². The molecule has 13 aromatic carbocycles. The van der Waals surface area contributed by atoms with Crippen LogP contribution in [0.5, 0.6) is 0 Å². The second-order valence-corrected chi connectivity index (χ2v) is 20.4. The maximum Gasteiger partial charge on any atom is 0.0541 e. The maximum atomic E-state index is 2.41. The normalized spacial score (nSPS) is 11.6. The highest BCUT2D eigenvalue weighted by molar-refractivity contribution is 6.11. The molecule has 2 heteroatoms. The summed E-state index contributed by atoms with van der Waals surface area (Å²) >= 11 is 0. The van der Waals surface area contributed by atoms with Gasteiger partial charge in [0.15, 0.2) is 0 Å². The molecule has 0 unspecified atom stereocenters. The molecule has 15 rings (SSSR count). The minimum atomic E-state index is 1.08. The van der Waals surface area contributed by atoms with Gasteiger partial charge in [0.25, 0.3) is 0 Å². The summed E-state index contributed by atoms with van der Waals surface area (Å²) in [7, 11) is 0. The summed E-state index contributed by atoms with van der Waals surface area (Å²) in [6, 6.07) is 111. The third-order valence-electron chi connectivity index (χ3n) is 16.0. The van der Waals surface area contributed by atoms with Crippen LogP contribution in [0.4, 0.5) is 17.1 Å². The minimum absolute atomic E-state index is 1.08. The van der Waals surface area contributed by atoms with Gasteiger partial charge in [0.2, 0.25) is 0 Å². The van der Waals surface area contributed by atoms with Crippen molar-refractivity contribution in [1.82, 2.24) is 4.57 Å². The van der Waals surface area contributed by atoms with Crippen LogP contribution in [0.3, 0.4) is 0 Å². The Morgan fingerprint density at radius 2 is 0.615 bits per heavy atom. The monoisotopic (exact) mass is 990 g/mol. The van der Waals surface area contributed by atoms with Crippen molar-refractivity contribution in [3.8, 4) is 94.7 Å². The molecule has 0 aliphatic heterocycles. The Morgan fingerprint density at radius 3 is 1.26 bits per heavy atom. The Balaban J connectivity index is 0.811. The third kappa shape index (κ3) is 7.81. The standard InChI is InChI=1S/C76H50N2/c1-2-15-51(16-3-1)53-31-42-63(43-32-53)78-75-28-13-12-27-72(75)74-49-60(37-46-76(74)78)58-20-14-19-57(47-58)54-33-38-61(39-34-54)77(62-40-35-55(36-41-62)59-30-29-52-17-4-5-18-56(52)48-59)64-44-45-71-69-25-9-8-23-67(69)65-21-6-7-22-66(65)68-24-10-11-26-70(68)73(71)50-64/h1-50H. The van der Waals surface area contributed by atoms with Crippen molar-refractivity contribution < 1.29 is 0 Å². The molecular weight excluding hydrogens is 941 g/mol. The van der Waals surface area contributed by atoms with E-state index in [1.54, 1.807) is 0 Å². The molecule has 1 aromatic heterocycles. The van der Waals surface area contributed by atoms with Crippen LogP contribution in [0.15, 0.2) is 303 Å². The first kappa shape index (κ1) is 45.1. The number of hydrogen-bond acceptors (Lipinski definition) is 1. The van der Waals surface area contributed by atoms with Crippen LogP contribution in [-0.2, 0) is 0 Å². The summed E-state index contributed by atoms with van der Waals surface area (Å²) in [5.41, 5.74) is 26.1. The summed E-state index contributed by atoms with van der Waals surface area (Å²) in [6.45, 7) is 0. The molecule has 0 saturated carbocycles. The quantitative estimate of drug-likeness (QED) is 0.147. The van der Waals surface area contributed by atoms with Crippen molar-refractivity contribution >= 4 is 49.6 Å². The summed E-state index contributed by atoms with van der Waals surface area (Å²) in [4.78, 5) is 2.41. The first-order chi connectivity index (χ1) is 38.7. The summed E-state index contributed by atoms with van der Waals surface area (Å²) < 4.78 is 2.40. The van der Waals surface area contributed by atoms with Crippen LogP contribution >= 0.6 is 0 Å². The van der Waals surface area contributed by atoms with Gasteiger partial charge in [-0.05, 0) is 179 Å². The SMILES string of the molecule is c1ccc(-c2ccc(-n3c4ccccc4c4cc(-c5cccc(-c6ccc(N(c7ccc(-c8ccc9ccccc9c8)cc7)c7ccc8c(c7)-c7ccccc7-c7ccccc7-c7ccccc7-8)cc6)c5)ccc43)cc2)cc1. The van der Waals surface area contributed by atoms with Gasteiger partial charge in [-0.25, -0.2) is 0 Å². The zero-order valence-corrected chi connectivity index (χ0v) is 42.8. The molecule has 0 atom stereocenters. The van der Waals surface area contributed by atoms with E-state index in [4.69, 9.17) is 0 Å². The average molecular weight is 991 g/mol. The van der Waals surface area contributed by atoms with E-state index in [-0.39, 0.29) is 0 Å². The molecule has 1 aliphatic carbocycles. The molecule has 78 heavy (non-hydrogen) atoms. The summed E-state index contributed by atoms with van der Waals surface area (Å²) in [5.74, 6) is 0. The zero-order chi connectivity index (χ0) is 51.5. The van der Waals surface area contributed by atoms with Gasteiger partial charge in [-0.2, -0.15) is 0 Å². The highest BCUT2D eigenvalue weighted by Crippen LogP contribution is 2.50. The predicted molar refractivity (Wildman–Crippen MR) is 330 cm³/mol. The van der Waals surface area contributed by atoms with Crippen molar-refractivity contribution in [2.24, 2.45) is 0 Å². The molecule has 0 radical (unpaired) electrons. The number of benzene rings is 13. The van der Waals surface area contributed by atoms with Crippen LogP contribution in [0, 0.1) is 0 Å². The first-order valence-corrected chi connectivity index (χ1v) is 26.9. The molecule has 0 saturated heterocycles. The summed E-state index contributed by atoms with van der Waals surface area (Å²) in [6.07, 6.45) is 0. The first-order valence-electron chi connectivity index (χ1n) is 26.9. The highest BCUT2D eigenvalue weighted by atomic mass is 15.1. The number of aromatic nitrogens is 1. The van der Waals surface area contributed by atoms with E-state index < -0.39 is 0 Å². The molecular formula is C76H50N2. The number of anilines is 3. The lowest BCUT2D eigenvalue weighted by molar-refractivity contribution is 1.18. The van der Waals surface area contributed by atoms with Gasteiger partial charge in [-0.3, -0.25) is 0 Å². The molecule has 364 valence electrons. The minimum Gasteiger partial charge on any atom is -0.310 e. The molecule has 1 aliphatic rings. The highest BCUT2D eigenvalue weighted by Gasteiger charge is 2.24. The van der Waals surface area contributed by atoms with Crippen molar-refractivity contribution in [2.75, 3.05) is 4.90 Å². The Hall–Kier alpha value is -10.3. The Labute approximate surface area is 454 Å². The Kier molecular flexibility index (Phi) is 10.9. The Morgan fingerprint density at radius 1 is 0.205 bits per heavy atom. The lowest BCUT2D eigenvalue weighted by Crippen LogP contribution is -2.10. The number of nitrogens with zero attached hydrogens (tertiary/aromatic N) is 2. The number of hydrogen-bond donors (Lipinski definition) is 0. The molecule has 14 aromatic rings. The fourth-order valence-corrected chi connectivity index (χ4v) is 12.2. The van der Waals surface area contributed by atoms with E-state index in [0.29, 0.717) is 0 Å². The van der Waals surface area contributed by atoms with Gasteiger partial charge in [-0.1, -0.05) is 224 Å². The van der Waals surface area contributed by atoms with Crippen LogP contribution in [0.25, 0.3) is 127 Å².